The Kier molecular flexibility index (Phi) is 4.68. The van der Waals surface area contributed by atoms with Crippen LogP contribution in [0.1, 0.15) is 15.9 Å². The van der Waals surface area contributed by atoms with Gasteiger partial charge >= 0.3 is 0 Å². The minimum absolute atomic E-state index is 0.133. The quantitative estimate of drug-likeness (QED) is 0.846. The summed E-state index contributed by atoms with van der Waals surface area (Å²) in [4.78, 5) is 27.2. The minimum atomic E-state index is -0.419. The van der Waals surface area contributed by atoms with E-state index in [4.69, 9.17) is 11.6 Å². The molecular weight excluding hydrogens is 278 g/mol. The molecule has 2 rings (SSSR count). The van der Waals surface area contributed by atoms with E-state index in [1.807, 2.05) is 0 Å². The Morgan fingerprint density at radius 2 is 2.00 bits per heavy atom. The van der Waals surface area contributed by atoms with Gasteiger partial charge in [-0.15, -0.1) is 0 Å². The van der Waals surface area contributed by atoms with Crippen molar-refractivity contribution in [1.29, 1.82) is 0 Å². The Morgan fingerprint density at radius 1 is 1.15 bits per heavy atom. The molecule has 1 aromatic carbocycles. The molecule has 2 aromatic rings. The van der Waals surface area contributed by atoms with Gasteiger partial charge in [-0.05, 0) is 29.8 Å². The third-order valence-corrected chi connectivity index (χ3v) is 2.73. The lowest BCUT2D eigenvalue weighted by Gasteiger charge is -2.07. The summed E-state index contributed by atoms with van der Waals surface area (Å²) in [7, 11) is 0. The molecule has 0 aliphatic carbocycles. The van der Waals surface area contributed by atoms with E-state index in [0.29, 0.717) is 10.6 Å². The summed E-state index contributed by atoms with van der Waals surface area (Å²) in [5.41, 5.74) is 5.80. The SMILES string of the molecule is O=C(Cc1cccc(Cl)c1)NNC(=O)c1cccnc1. The van der Waals surface area contributed by atoms with Crippen molar-refractivity contribution in [2.75, 3.05) is 0 Å². The molecule has 0 saturated heterocycles. The van der Waals surface area contributed by atoms with Crippen molar-refractivity contribution in [3.8, 4) is 0 Å². The fourth-order valence-electron chi connectivity index (χ4n) is 1.57. The van der Waals surface area contributed by atoms with Crippen LogP contribution < -0.4 is 10.9 Å². The van der Waals surface area contributed by atoms with Crippen molar-refractivity contribution in [1.82, 2.24) is 15.8 Å². The number of carbonyl (C=O) groups is 2. The molecule has 5 nitrogen and oxygen atoms in total. The van der Waals surface area contributed by atoms with Crippen LogP contribution in [0, 0.1) is 0 Å². The fraction of sp³-hybridized carbons (Fsp3) is 0.0714. The molecule has 2 amide bonds. The van der Waals surface area contributed by atoms with Gasteiger partial charge in [0, 0.05) is 17.4 Å². The molecule has 1 aromatic heterocycles. The maximum Gasteiger partial charge on any atom is 0.271 e. The number of pyridine rings is 1. The van der Waals surface area contributed by atoms with E-state index in [1.165, 1.54) is 6.20 Å². The van der Waals surface area contributed by atoms with Crippen molar-refractivity contribution < 1.29 is 9.59 Å². The van der Waals surface area contributed by atoms with Crippen molar-refractivity contribution in [3.63, 3.8) is 0 Å². The van der Waals surface area contributed by atoms with Gasteiger partial charge in [0.1, 0.15) is 0 Å². The van der Waals surface area contributed by atoms with Crippen LogP contribution in [0.3, 0.4) is 0 Å². The van der Waals surface area contributed by atoms with E-state index in [1.54, 1.807) is 42.6 Å². The summed E-state index contributed by atoms with van der Waals surface area (Å²) in [6.45, 7) is 0. The summed E-state index contributed by atoms with van der Waals surface area (Å²) in [5, 5.41) is 0.565. The van der Waals surface area contributed by atoms with Crippen LogP contribution in [-0.4, -0.2) is 16.8 Å². The molecule has 0 bridgehead atoms. The van der Waals surface area contributed by atoms with Crippen molar-refractivity contribution >= 4 is 23.4 Å². The molecule has 0 radical (unpaired) electrons. The normalized spacial score (nSPS) is 9.85. The first-order valence-electron chi connectivity index (χ1n) is 5.89. The molecule has 2 N–H and O–H groups in total. The predicted molar refractivity (Wildman–Crippen MR) is 75.0 cm³/mol. The first-order valence-corrected chi connectivity index (χ1v) is 6.26. The summed E-state index contributed by atoms with van der Waals surface area (Å²) < 4.78 is 0. The van der Waals surface area contributed by atoms with Crippen LogP contribution >= 0.6 is 11.6 Å². The molecule has 0 aliphatic rings. The Bertz CT molecular complexity index is 617. The number of amides is 2. The number of benzene rings is 1. The maximum absolute atomic E-state index is 11.7. The predicted octanol–water partition coefficient (Wildman–Crippen LogP) is 1.74. The maximum atomic E-state index is 11.7. The molecule has 0 aliphatic heterocycles. The van der Waals surface area contributed by atoms with Gasteiger partial charge in [0.15, 0.2) is 0 Å². The van der Waals surface area contributed by atoms with Crippen LogP contribution in [0.4, 0.5) is 0 Å². The second-order valence-corrected chi connectivity index (χ2v) is 4.49. The zero-order valence-electron chi connectivity index (χ0n) is 10.5. The smallest absolute Gasteiger partial charge is 0.271 e. The van der Waals surface area contributed by atoms with E-state index in [-0.39, 0.29) is 12.3 Å². The number of halogens is 1. The fourth-order valence-corrected chi connectivity index (χ4v) is 1.79. The van der Waals surface area contributed by atoms with Crippen molar-refractivity contribution in [3.05, 3.63) is 64.9 Å². The second-order valence-electron chi connectivity index (χ2n) is 4.05. The molecule has 0 saturated carbocycles. The van der Waals surface area contributed by atoms with Crippen LogP contribution in [-0.2, 0) is 11.2 Å². The number of hydrazine groups is 1. The highest BCUT2D eigenvalue weighted by Gasteiger charge is 2.07. The van der Waals surface area contributed by atoms with Gasteiger partial charge in [0.2, 0.25) is 5.91 Å². The summed E-state index contributed by atoms with van der Waals surface area (Å²) in [6.07, 6.45) is 3.11. The third kappa shape index (κ3) is 4.07. The summed E-state index contributed by atoms with van der Waals surface area (Å²) in [6, 6.07) is 10.2. The Labute approximate surface area is 120 Å². The average Bonchev–Trinajstić information content (AvgIpc) is 2.46. The lowest BCUT2D eigenvalue weighted by molar-refractivity contribution is -0.121. The molecule has 102 valence electrons. The Balaban J connectivity index is 1.85. The topological polar surface area (TPSA) is 71.1 Å². The molecule has 20 heavy (non-hydrogen) atoms. The molecular formula is C14H12ClN3O2. The monoisotopic (exact) mass is 289 g/mol. The van der Waals surface area contributed by atoms with Crippen LogP contribution in [0.25, 0.3) is 0 Å². The van der Waals surface area contributed by atoms with Gasteiger partial charge in [-0.3, -0.25) is 25.4 Å². The summed E-state index contributed by atoms with van der Waals surface area (Å²) >= 11 is 5.83. The van der Waals surface area contributed by atoms with Gasteiger partial charge in [-0.25, -0.2) is 0 Å². The van der Waals surface area contributed by atoms with E-state index >= 15 is 0 Å². The third-order valence-electron chi connectivity index (χ3n) is 2.49. The highest BCUT2D eigenvalue weighted by Crippen LogP contribution is 2.10. The van der Waals surface area contributed by atoms with Gasteiger partial charge in [0.25, 0.3) is 5.91 Å². The lowest BCUT2D eigenvalue weighted by Crippen LogP contribution is -2.42. The number of rotatable bonds is 3. The van der Waals surface area contributed by atoms with Gasteiger partial charge in [0.05, 0.1) is 12.0 Å². The zero-order chi connectivity index (χ0) is 14.4. The van der Waals surface area contributed by atoms with Crippen LogP contribution in [0.15, 0.2) is 48.8 Å². The lowest BCUT2D eigenvalue weighted by atomic mass is 10.1. The molecule has 0 spiro atoms. The average molecular weight is 290 g/mol. The van der Waals surface area contributed by atoms with E-state index < -0.39 is 5.91 Å². The van der Waals surface area contributed by atoms with Crippen molar-refractivity contribution in [2.45, 2.75) is 6.42 Å². The number of nitrogens with zero attached hydrogens (tertiary/aromatic N) is 1. The van der Waals surface area contributed by atoms with Gasteiger partial charge < -0.3 is 0 Å². The largest absolute Gasteiger partial charge is 0.273 e. The molecule has 0 atom stereocenters. The number of aromatic nitrogens is 1. The molecule has 0 unspecified atom stereocenters. The second kappa shape index (κ2) is 6.68. The molecule has 0 fully saturated rings. The number of carbonyl (C=O) groups excluding carboxylic acids is 2. The first kappa shape index (κ1) is 14.0. The number of nitrogens with one attached hydrogen (secondary N) is 2. The Hall–Kier alpha value is -2.40. The minimum Gasteiger partial charge on any atom is -0.273 e. The summed E-state index contributed by atoms with van der Waals surface area (Å²) in [5.74, 6) is -0.748. The molecule has 6 heteroatoms. The van der Waals surface area contributed by atoms with E-state index in [0.717, 1.165) is 5.56 Å². The highest BCUT2D eigenvalue weighted by molar-refractivity contribution is 6.30. The van der Waals surface area contributed by atoms with E-state index in [9.17, 15) is 9.59 Å². The van der Waals surface area contributed by atoms with E-state index in [2.05, 4.69) is 15.8 Å². The highest BCUT2D eigenvalue weighted by atomic mass is 35.5. The van der Waals surface area contributed by atoms with Crippen LogP contribution in [0.2, 0.25) is 5.02 Å². The number of hydrogen-bond acceptors (Lipinski definition) is 3. The molecule has 1 heterocycles. The van der Waals surface area contributed by atoms with Gasteiger partial charge in [-0.2, -0.15) is 0 Å². The van der Waals surface area contributed by atoms with Crippen LogP contribution in [0.5, 0.6) is 0 Å². The number of hydrogen-bond donors (Lipinski definition) is 2. The first-order chi connectivity index (χ1) is 9.65. The zero-order valence-corrected chi connectivity index (χ0v) is 11.2. The van der Waals surface area contributed by atoms with Gasteiger partial charge in [-0.1, -0.05) is 23.7 Å². The van der Waals surface area contributed by atoms with Crippen molar-refractivity contribution in [2.24, 2.45) is 0 Å². The Morgan fingerprint density at radius 3 is 2.70 bits per heavy atom. The standard InChI is InChI=1S/C14H12ClN3O2/c15-12-5-1-3-10(7-12)8-13(19)17-18-14(20)11-4-2-6-16-9-11/h1-7,9H,8H2,(H,17,19)(H,18,20).